The maximum atomic E-state index is 12.4. The Bertz CT molecular complexity index is 917. The number of rotatable bonds is 4. The highest BCUT2D eigenvalue weighted by atomic mass is 35.5. The second-order valence-corrected chi connectivity index (χ2v) is 8.59. The molecule has 1 aromatic heterocycles. The van der Waals surface area contributed by atoms with Crippen LogP contribution in [0, 0.1) is 0 Å². The van der Waals surface area contributed by atoms with Gasteiger partial charge < -0.3 is 5.11 Å². The molecule has 1 aromatic carbocycles. The quantitative estimate of drug-likeness (QED) is 0.754. The Morgan fingerprint density at radius 3 is 2.20 bits per heavy atom. The normalized spacial score (nSPS) is 12.0. The van der Waals surface area contributed by atoms with E-state index in [2.05, 4.69) is 14.7 Å². The zero-order chi connectivity index (χ0) is 19.0. The van der Waals surface area contributed by atoms with Crippen molar-refractivity contribution in [3.05, 3.63) is 45.7 Å². The van der Waals surface area contributed by atoms with E-state index >= 15 is 0 Å². The summed E-state index contributed by atoms with van der Waals surface area (Å²) >= 11 is 12.2. The summed E-state index contributed by atoms with van der Waals surface area (Å²) < 4.78 is 27.0. The SMILES string of the molecule is CC(C)(C)c1c(Cl)nc(NS(=O)(=O)c2cccc(C(=O)O)c2)nc1Cl. The van der Waals surface area contributed by atoms with E-state index in [0.29, 0.717) is 5.56 Å². The van der Waals surface area contributed by atoms with Crippen LogP contribution in [0.2, 0.25) is 10.3 Å². The highest BCUT2D eigenvalue weighted by Gasteiger charge is 2.25. The molecule has 134 valence electrons. The summed E-state index contributed by atoms with van der Waals surface area (Å²) in [6.45, 7) is 5.60. The van der Waals surface area contributed by atoms with E-state index < -0.39 is 21.4 Å². The van der Waals surface area contributed by atoms with Crippen LogP contribution in [-0.2, 0) is 15.4 Å². The summed E-state index contributed by atoms with van der Waals surface area (Å²) in [4.78, 5) is 18.6. The van der Waals surface area contributed by atoms with Gasteiger partial charge in [0.15, 0.2) is 0 Å². The lowest BCUT2D eigenvalue weighted by atomic mass is 9.89. The second-order valence-electron chi connectivity index (χ2n) is 6.19. The van der Waals surface area contributed by atoms with Gasteiger partial charge >= 0.3 is 5.97 Å². The first-order chi connectivity index (χ1) is 11.4. The molecule has 0 aliphatic heterocycles. The van der Waals surface area contributed by atoms with Gasteiger partial charge in [-0.15, -0.1) is 0 Å². The summed E-state index contributed by atoms with van der Waals surface area (Å²) in [5.74, 6) is -1.54. The first-order valence-corrected chi connectivity index (χ1v) is 9.25. The van der Waals surface area contributed by atoms with Crippen LogP contribution in [0.4, 0.5) is 5.95 Å². The molecule has 2 rings (SSSR count). The van der Waals surface area contributed by atoms with Crippen molar-refractivity contribution in [2.24, 2.45) is 0 Å². The third-order valence-electron chi connectivity index (χ3n) is 3.19. The van der Waals surface area contributed by atoms with E-state index in [1.54, 1.807) is 0 Å². The molecule has 0 radical (unpaired) electrons. The van der Waals surface area contributed by atoms with Gasteiger partial charge in [0.05, 0.1) is 10.5 Å². The average Bonchev–Trinajstić information content (AvgIpc) is 2.44. The lowest BCUT2D eigenvalue weighted by Crippen LogP contribution is -2.19. The van der Waals surface area contributed by atoms with E-state index in [0.717, 1.165) is 6.07 Å². The number of nitrogens with zero attached hydrogens (tertiary/aromatic N) is 2. The summed E-state index contributed by atoms with van der Waals surface area (Å²) in [5.41, 5.74) is -0.101. The van der Waals surface area contributed by atoms with Crippen molar-refractivity contribution in [3.8, 4) is 0 Å². The minimum Gasteiger partial charge on any atom is -0.478 e. The highest BCUT2D eigenvalue weighted by molar-refractivity contribution is 7.92. The molecule has 0 fully saturated rings. The van der Waals surface area contributed by atoms with Crippen LogP contribution in [0.3, 0.4) is 0 Å². The lowest BCUT2D eigenvalue weighted by molar-refractivity contribution is 0.0696. The zero-order valence-corrected chi connectivity index (χ0v) is 15.9. The van der Waals surface area contributed by atoms with Crippen molar-refractivity contribution < 1.29 is 18.3 Å². The number of carboxylic acids is 1. The fourth-order valence-electron chi connectivity index (χ4n) is 2.05. The van der Waals surface area contributed by atoms with Crippen LogP contribution in [0.25, 0.3) is 0 Å². The number of aromatic carboxylic acids is 1. The van der Waals surface area contributed by atoms with Gasteiger partial charge in [0.25, 0.3) is 10.0 Å². The highest BCUT2D eigenvalue weighted by Crippen LogP contribution is 2.34. The van der Waals surface area contributed by atoms with Gasteiger partial charge in [-0.3, -0.25) is 0 Å². The van der Waals surface area contributed by atoms with Crippen molar-refractivity contribution in [2.75, 3.05) is 4.72 Å². The molecule has 25 heavy (non-hydrogen) atoms. The minimum atomic E-state index is -4.11. The Balaban J connectivity index is 2.42. The third kappa shape index (κ3) is 4.39. The molecule has 1 heterocycles. The van der Waals surface area contributed by atoms with Crippen LogP contribution in [0.5, 0.6) is 0 Å². The fraction of sp³-hybridized carbons (Fsp3) is 0.267. The molecule has 10 heteroatoms. The number of carboxylic acid groups (broad SMARTS) is 1. The van der Waals surface area contributed by atoms with Crippen LogP contribution in [0.15, 0.2) is 29.2 Å². The minimum absolute atomic E-state index is 0.0319. The van der Waals surface area contributed by atoms with Gasteiger partial charge in [0.1, 0.15) is 10.3 Å². The number of anilines is 1. The predicted molar refractivity (Wildman–Crippen MR) is 95.0 cm³/mol. The van der Waals surface area contributed by atoms with Crippen molar-refractivity contribution in [2.45, 2.75) is 31.1 Å². The first-order valence-electron chi connectivity index (χ1n) is 7.01. The monoisotopic (exact) mass is 403 g/mol. The number of hydrogen-bond donors (Lipinski definition) is 2. The van der Waals surface area contributed by atoms with Gasteiger partial charge in [-0.25, -0.2) is 17.9 Å². The molecule has 0 aliphatic carbocycles. The van der Waals surface area contributed by atoms with Gasteiger partial charge in [0.2, 0.25) is 5.95 Å². The maximum Gasteiger partial charge on any atom is 0.335 e. The zero-order valence-electron chi connectivity index (χ0n) is 13.5. The van der Waals surface area contributed by atoms with Crippen molar-refractivity contribution in [1.29, 1.82) is 0 Å². The largest absolute Gasteiger partial charge is 0.478 e. The van der Waals surface area contributed by atoms with Gasteiger partial charge in [0, 0.05) is 5.56 Å². The molecule has 0 atom stereocenters. The van der Waals surface area contributed by atoms with E-state index in [9.17, 15) is 13.2 Å². The molecule has 0 spiro atoms. The topological polar surface area (TPSA) is 109 Å². The third-order valence-corrected chi connectivity index (χ3v) is 5.06. The molecular formula is C15H15Cl2N3O4S. The van der Waals surface area contributed by atoms with Crippen LogP contribution in [-0.4, -0.2) is 29.5 Å². The number of hydrogen-bond acceptors (Lipinski definition) is 5. The lowest BCUT2D eigenvalue weighted by Gasteiger charge is -2.21. The van der Waals surface area contributed by atoms with E-state index in [1.807, 2.05) is 20.8 Å². The standard InChI is InChI=1S/C15H15Cl2N3O4S/c1-15(2,3)10-11(16)18-14(19-12(10)17)20-25(23,24)9-6-4-5-8(7-9)13(21)22/h4-7H,1-3H3,(H,21,22)(H,18,19,20). The van der Waals surface area contributed by atoms with E-state index in [4.69, 9.17) is 28.3 Å². The molecular weight excluding hydrogens is 389 g/mol. The molecule has 2 aromatic rings. The molecule has 2 N–H and O–H groups in total. The summed E-state index contributed by atoms with van der Waals surface area (Å²) in [5, 5.41) is 9.03. The number of aromatic nitrogens is 2. The molecule has 7 nitrogen and oxygen atoms in total. The van der Waals surface area contributed by atoms with Crippen molar-refractivity contribution in [3.63, 3.8) is 0 Å². The number of halogens is 2. The Labute approximate surface area is 155 Å². The second kappa shape index (κ2) is 6.78. The van der Waals surface area contributed by atoms with E-state index in [-0.39, 0.29) is 26.7 Å². The van der Waals surface area contributed by atoms with E-state index in [1.165, 1.54) is 18.2 Å². The van der Waals surface area contributed by atoms with Crippen LogP contribution >= 0.6 is 23.2 Å². The maximum absolute atomic E-state index is 12.4. The van der Waals surface area contributed by atoms with Gasteiger partial charge in [-0.05, 0) is 23.6 Å². The summed E-state index contributed by atoms with van der Waals surface area (Å²) in [7, 11) is -4.11. The van der Waals surface area contributed by atoms with Gasteiger partial charge in [-0.2, -0.15) is 9.97 Å². The number of sulfonamides is 1. The van der Waals surface area contributed by atoms with Gasteiger partial charge in [-0.1, -0.05) is 50.0 Å². The number of benzene rings is 1. The van der Waals surface area contributed by atoms with Crippen LogP contribution in [0.1, 0.15) is 36.7 Å². The Hall–Kier alpha value is -1.90. The predicted octanol–water partition coefficient (Wildman–Crippen LogP) is 3.58. The Morgan fingerprint density at radius 2 is 1.72 bits per heavy atom. The van der Waals surface area contributed by atoms with Crippen LogP contribution < -0.4 is 4.72 Å². The molecule has 0 unspecified atom stereocenters. The smallest absolute Gasteiger partial charge is 0.335 e. The average molecular weight is 404 g/mol. The Kier molecular flexibility index (Phi) is 5.27. The number of carbonyl (C=O) groups is 1. The fourth-order valence-corrected chi connectivity index (χ4v) is 3.99. The summed E-state index contributed by atoms with van der Waals surface area (Å²) in [6, 6.07) is 4.88. The Morgan fingerprint density at radius 1 is 1.16 bits per heavy atom. The molecule has 0 saturated heterocycles. The number of nitrogens with one attached hydrogen (secondary N) is 1. The summed E-state index contributed by atoms with van der Waals surface area (Å²) in [6.07, 6.45) is 0. The molecule has 0 amide bonds. The molecule has 0 aliphatic rings. The first kappa shape index (κ1) is 19.4. The molecule has 0 saturated carbocycles. The molecule has 0 bridgehead atoms. The van der Waals surface area contributed by atoms with Crippen molar-refractivity contribution in [1.82, 2.24) is 9.97 Å². The van der Waals surface area contributed by atoms with Crippen molar-refractivity contribution >= 4 is 45.1 Å².